The van der Waals surface area contributed by atoms with Crippen LogP contribution < -0.4 is 11.5 Å². The van der Waals surface area contributed by atoms with Crippen LogP contribution in [0.2, 0.25) is 0 Å². The van der Waals surface area contributed by atoms with Crippen LogP contribution in [0.4, 0.5) is 11.4 Å². The molecule has 65 heavy (non-hydrogen) atoms. The van der Waals surface area contributed by atoms with E-state index in [1.165, 1.54) is 176 Å². The van der Waals surface area contributed by atoms with Gasteiger partial charge in [-0.15, -0.1) is 45.3 Å². The van der Waals surface area contributed by atoms with E-state index < -0.39 is 0 Å². The van der Waals surface area contributed by atoms with Gasteiger partial charge in [-0.1, -0.05) is 118 Å². The van der Waals surface area contributed by atoms with E-state index in [1.807, 2.05) is 45.3 Å². The third-order valence-corrected chi connectivity index (χ3v) is 19.5. The zero-order chi connectivity index (χ0) is 44.9. The molecular formula is C53H64N6S6. The molecule has 6 nitrogen and oxygen atoms in total. The number of nitrogens with two attached hydrogens (primary N) is 2. The van der Waals surface area contributed by atoms with Crippen molar-refractivity contribution in [1.82, 2.24) is 17.5 Å². The number of hydrogen-bond donors (Lipinski definition) is 2. The van der Waals surface area contributed by atoms with Gasteiger partial charge in [-0.05, 0) is 98.2 Å². The van der Waals surface area contributed by atoms with Crippen molar-refractivity contribution >= 4 is 102 Å². The quantitative estimate of drug-likeness (QED) is 0.0462. The molecule has 0 radical (unpaired) electrons. The van der Waals surface area contributed by atoms with Gasteiger partial charge in [0.25, 0.3) is 0 Å². The molecule has 1 aliphatic rings. The Kier molecular flexibility index (Phi) is 15.2. The Morgan fingerprint density at radius 3 is 1.25 bits per heavy atom. The number of thiophene rings is 4. The molecule has 4 N–H and O–H groups in total. The third kappa shape index (κ3) is 9.38. The molecule has 6 heterocycles. The van der Waals surface area contributed by atoms with Gasteiger partial charge >= 0.3 is 0 Å². The summed E-state index contributed by atoms with van der Waals surface area (Å²) in [5.74, 6) is 0. The number of unbranched alkanes of at least 4 members (excludes halogenated alkanes) is 12. The number of aromatic nitrogens is 4. The normalized spacial score (nSPS) is 13.2. The average molecular weight is 978 g/mol. The number of nitrogens with zero attached hydrogens (tertiary/aromatic N) is 4. The summed E-state index contributed by atoms with van der Waals surface area (Å²) in [7, 11) is 0. The maximum absolute atomic E-state index is 7.20. The van der Waals surface area contributed by atoms with Gasteiger partial charge in [0.05, 0.1) is 23.5 Å². The predicted octanol–water partition coefficient (Wildman–Crippen LogP) is 18.2. The van der Waals surface area contributed by atoms with Crippen LogP contribution in [0.1, 0.15) is 164 Å². The third-order valence-electron chi connectivity index (χ3n) is 13.7. The van der Waals surface area contributed by atoms with Crippen LogP contribution in [0.15, 0.2) is 48.5 Å². The van der Waals surface area contributed by atoms with Crippen LogP contribution in [0.3, 0.4) is 0 Å². The number of fused-ring (bicyclic) bond motifs is 5. The molecule has 0 aliphatic heterocycles. The summed E-state index contributed by atoms with van der Waals surface area (Å²) in [5.41, 5.74) is 26.9. The van der Waals surface area contributed by atoms with E-state index in [4.69, 9.17) is 29.0 Å². The number of hydrogen-bond acceptors (Lipinski definition) is 12. The van der Waals surface area contributed by atoms with E-state index in [1.54, 1.807) is 0 Å². The number of rotatable bonds is 24. The Morgan fingerprint density at radius 1 is 0.431 bits per heavy atom. The second-order valence-corrected chi connectivity index (χ2v) is 23.8. The highest BCUT2D eigenvalue weighted by molar-refractivity contribution is 7.26. The molecule has 0 spiro atoms. The van der Waals surface area contributed by atoms with Gasteiger partial charge in [-0.25, -0.2) is 0 Å². The zero-order valence-electron chi connectivity index (χ0n) is 38.7. The minimum atomic E-state index is -0.0903. The highest BCUT2D eigenvalue weighted by Gasteiger charge is 2.46. The molecule has 9 rings (SSSR count). The Hall–Kier alpha value is -3.52. The Bertz CT molecular complexity index is 2660. The lowest BCUT2D eigenvalue weighted by molar-refractivity contribution is 0.402. The maximum Gasteiger partial charge on any atom is 0.116 e. The fourth-order valence-corrected chi connectivity index (χ4v) is 16.3. The summed E-state index contributed by atoms with van der Waals surface area (Å²) in [6.07, 6.45) is 24.5. The minimum Gasteiger partial charge on any atom is -0.398 e. The number of aryl methyl sites for hydroxylation is 2. The molecule has 6 aromatic heterocycles. The van der Waals surface area contributed by atoms with Crippen molar-refractivity contribution in [2.75, 3.05) is 11.5 Å². The fourth-order valence-electron chi connectivity index (χ4n) is 10.2. The summed E-state index contributed by atoms with van der Waals surface area (Å²) in [6, 6.07) is 18.5. The van der Waals surface area contributed by atoms with E-state index in [0.717, 1.165) is 81.4 Å². The lowest BCUT2D eigenvalue weighted by atomic mass is 9.71. The summed E-state index contributed by atoms with van der Waals surface area (Å²) < 4.78 is 19.9. The van der Waals surface area contributed by atoms with Crippen LogP contribution in [0, 0.1) is 0 Å². The molecule has 12 heteroatoms. The molecule has 0 fully saturated rings. The second-order valence-electron chi connectivity index (χ2n) is 18.3. The van der Waals surface area contributed by atoms with Gasteiger partial charge in [-0.3, -0.25) is 0 Å². The molecule has 0 saturated heterocycles. The van der Waals surface area contributed by atoms with Crippen molar-refractivity contribution in [3.8, 4) is 51.5 Å². The highest BCUT2D eigenvalue weighted by Crippen LogP contribution is 2.63. The van der Waals surface area contributed by atoms with Gasteiger partial charge in [0.15, 0.2) is 0 Å². The topological polar surface area (TPSA) is 104 Å². The first-order chi connectivity index (χ1) is 31.9. The second kappa shape index (κ2) is 21.2. The van der Waals surface area contributed by atoms with Crippen molar-refractivity contribution < 1.29 is 0 Å². The van der Waals surface area contributed by atoms with E-state index in [2.05, 4.69) is 76.2 Å². The van der Waals surface area contributed by atoms with Crippen molar-refractivity contribution in [3.63, 3.8) is 0 Å². The first-order valence-corrected chi connectivity index (χ1v) is 29.2. The molecule has 0 saturated carbocycles. The van der Waals surface area contributed by atoms with Crippen molar-refractivity contribution in [3.05, 3.63) is 69.4 Å². The van der Waals surface area contributed by atoms with Gasteiger partial charge in [-0.2, -0.15) is 17.5 Å². The van der Waals surface area contributed by atoms with E-state index >= 15 is 0 Å². The van der Waals surface area contributed by atoms with Crippen LogP contribution >= 0.6 is 68.8 Å². The van der Waals surface area contributed by atoms with Crippen molar-refractivity contribution in [2.45, 2.75) is 162 Å². The molecule has 1 aliphatic carbocycles. The molecule has 2 aromatic carbocycles. The lowest BCUT2D eigenvalue weighted by Crippen LogP contribution is -2.25. The largest absolute Gasteiger partial charge is 0.398 e. The molecule has 0 bridgehead atoms. The van der Waals surface area contributed by atoms with Crippen LogP contribution in [-0.2, 0) is 18.3 Å². The average Bonchev–Trinajstić information content (AvgIpc) is 4.17. The molecule has 0 amide bonds. The predicted molar refractivity (Wildman–Crippen MR) is 290 cm³/mol. The minimum absolute atomic E-state index is 0.0903. The Labute approximate surface area is 410 Å². The van der Waals surface area contributed by atoms with Gasteiger partial charge in [0.1, 0.15) is 22.1 Å². The van der Waals surface area contributed by atoms with Gasteiger partial charge in [0, 0.05) is 78.1 Å². The molecule has 0 atom stereocenters. The number of benzene rings is 2. The first-order valence-electron chi connectivity index (χ1n) is 24.5. The van der Waals surface area contributed by atoms with Gasteiger partial charge < -0.3 is 11.5 Å². The van der Waals surface area contributed by atoms with Crippen LogP contribution in [-0.4, -0.2) is 17.5 Å². The Balaban J connectivity index is 1.13. The zero-order valence-corrected chi connectivity index (χ0v) is 43.6. The molecule has 342 valence electrons. The monoisotopic (exact) mass is 976 g/mol. The summed E-state index contributed by atoms with van der Waals surface area (Å²) in [6.45, 7) is 9.17. The van der Waals surface area contributed by atoms with Gasteiger partial charge in [0.2, 0.25) is 0 Å². The first kappa shape index (κ1) is 46.6. The van der Waals surface area contributed by atoms with Crippen molar-refractivity contribution in [1.29, 1.82) is 0 Å². The molecule has 8 aromatic rings. The van der Waals surface area contributed by atoms with Crippen LogP contribution in [0.25, 0.3) is 73.6 Å². The van der Waals surface area contributed by atoms with Crippen LogP contribution in [0.5, 0.6) is 0 Å². The van der Waals surface area contributed by atoms with Crippen molar-refractivity contribution in [2.24, 2.45) is 0 Å². The van der Waals surface area contributed by atoms with E-state index in [-0.39, 0.29) is 5.41 Å². The van der Waals surface area contributed by atoms with E-state index in [9.17, 15) is 0 Å². The molecular weight excluding hydrogens is 913 g/mol. The smallest absolute Gasteiger partial charge is 0.116 e. The summed E-state index contributed by atoms with van der Waals surface area (Å²) >= 11 is 10.2. The summed E-state index contributed by atoms with van der Waals surface area (Å²) in [4.78, 5) is 10.5. The highest BCUT2D eigenvalue weighted by atomic mass is 32.1. The summed E-state index contributed by atoms with van der Waals surface area (Å²) in [5, 5.41) is 0. The van der Waals surface area contributed by atoms with E-state index in [0.29, 0.717) is 0 Å². The number of anilines is 2. The standard InChI is InChI=1S/C53H64N6S6/c1-5-9-13-17-21-33-23-25-41(60-33)35-29-39(54)45(49-47(35)56-64-58-49)43-31-37-51(62-43)52-38(53(37,27-19-15-11-7-3)28-20-16-12-8-4)32-44(63-52)46-40(55)30-36(48-50(46)59-65-57-48)42-26-24-34(61-42)22-18-14-10-6-2/h23-26,29-32H,5-22,27-28,54-55H2,1-4H3. The number of nitrogen functional groups attached to an aromatic ring is 2. The fraction of sp³-hybridized carbons (Fsp3) is 0.472. The SMILES string of the molecule is CCCCCCc1ccc(-c2cc(N)c(-c3cc4c(s3)-c3sc(-c5c(N)cc(-c6ccc(CCCCCC)s6)c6nsnc56)cc3C4(CCCCCC)CCCCCC)c3nsnc23)s1. The maximum atomic E-state index is 7.20. The lowest BCUT2D eigenvalue weighted by Gasteiger charge is -2.31. The molecule has 0 unspecified atom stereocenters. The Morgan fingerprint density at radius 2 is 0.831 bits per heavy atom.